The lowest BCUT2D eigenvalue weighted by atomic mass is 10.1. The second-order valence-electron chi connectivity index (χ2n) is 4.57. The molecule has 0 spiro atoms. The molecule has 2 aliphatic rings. The number of carbonyl (C=O) groups is 1. The highest BCUT2D eigenvalue weighted by Gasteiger charge is 2.34. The van der Waals surface area contributed by atoms with E-state index in [1.165, 1.54) is 19.3 Å². The number of hydrogen-bond donors (Lipinski definition) is 1. The molecule has 1 aliphatic carbocycles. The summed E-state index contributed by atoms with van der Waals surface area (Å²) in [5.41, 5.74) is 0. The van der Waals surface area contributed by atoms with Crippen LogP contribution in [0.4, 0.5) is 4.79 Å². The Balaban J connectivity index is 1.86. The van der Waals surface area contributed by atoms with Crippen molar-refractivity contribution in [2.45, 2.75) is 45.2 Å². The van der Waals surface area contributed by atoms with Gasteiger partial charge in [0.25, 0.3) is 0 Å². The number of nitrogens with one attached hydrogen (secondary N) is 1. The quantitative estimate of drug-likeness (QED) is 0.706. The SMILES string of the molecule is CC(C)N1CC(CC2CC2)NC1=O. The van der Waals surface area contributed by atoms with Crippen LogP contribution in [0, 0.1) is 5.92 Å². The summed E-state index contributed by atoms with van der Waals surface area (Å²) in [6, 6.07) is 0.882. The number of urea groups is 1. The Hall–Kier alpha value is -0.730. The molecule has 1 heterocycles. The number of hydrogen-bond acceptors (Lipinski definition) is 1. The van der Waals surface area contributed by atoms with Crippen LogP contribution in [0.15, 0.2) is 0 Å². The minimum Gasteiger partial charge on any atom is -0.333 e. The summed E-state index contributed by atoms with van der Waals surface area (Å²) in [5.74, 6) is 0.900. The largest absolute Gasteiger partial charge is 0.333 e. The molecule has 2 rings (SSSR count). The van der Waals surface area contributed by atoms with Crippen molar-refractivity contribution in [2.75, 3.05) is 6.54 Å². The summed E-state index contributed by atoms with van der Waals surface area (Å²) in [4.78, 5) is 13.4. The summed E-state index contributed by atoms with van der Waals surface area (Å²) in [6.07, 6.45) is 3.93. The van der Waals surface area contributed by atoms with E-state index in [1.807, 2.05) is 4.90 Å². The summed E-state index contributed by atoms with van der Waals surface area (Å²) in [6.45, 7) is 5.05. The molecule has 0 bridgehead atoms. The second-order valence-corrected chi connectivity index (χ2v) is 4.57. The molecule has 0 aromatic carbocycles. The molecule has 1 N–H and O–H groups in total. The number of nitrogens with zero attached hydrogens (tertiary/aromatic N) is 1. The molecule has 0 radical (unpaired) electrons. The topological polar surface area (TPSA) is 32.3 Å². The monoisotopic (exact) mass is 182 g/mol. The van der Waals surface area contributed by atoms with Crippen molar-refractivity contribution in [3.05, 3.63) is 0 Å². The first-order chi connectivity index (χ1) is 6.16. The van der Waals surface area contributed by atoms with Gasteiger partial charge in [-0.1, -0.05) is 12.8 Å². The molecule has 1 aliphatic heterocycles. The Kier molecular flexibility index (Phi) is 2.18. The lowest BCUT2D eigenvalue weighted by molar-refractivity contribution is 0.205. The van der Waals surface area contributed by atoms with Crippen LogP contribution in [0.25, 0.3) is 0 Å². The zero-order chi connectivity index (χ0) is 9.42. The molecule has 13 heavy (non-hydrogen) atoms. The van der Waals surface area contributed by atoms with Gasteiger partial charge in [-0.15, -0.1) is 0 Å². The van der Waals surface area contributed by atoms with E-state index in [0.29, 0.717) is 12.1 Å². The smallest absolute Gasteiger partial charge is 0.317 e. The maximum Gasteiger partial charge on any atom is 0.317 e. The fourth-order valence-corrected chi connectivity index (χ4v) is 1.96. The molecule has 1 saturated carbocycles. The van der Waals surface area contributed by atoms with E-state index in [-0.39, 0.29) is 6.03 Å². The van der Waals surface area contributed by atoms with E-state index in [9.17, 15) is 4.79 Å². The normalized spacial score (nSPS) is 28.4. The fraction of sp³-hybridized carbons (Fsp3) is 0.900. The molecular weight excluding hydrogens is 164 g/mol. The summed E-state index contributed by atoms with van der Waals surface area (Å²) in [7, 11) is 0. The van der Waals surface area contributed by atoms with Gasteiger partial charge >= 0.3 is 6.03 Å². The average molecular weight is 182 g/mol. The van der Waals surface area contributed by atoms with Gasteiger partial charge in [0.15, 0.2) is 0 Å². The first-order valence-electron chi connectivity index (χ1n) is 5.24. The van der Waals surface area contributed by atoms with Crippen LogP contribution < -0.4 is 5.32 Å². The molecule has 3 heteroatoms. The van der Waals surface area contributed by atoms with Crippen LogP contribution in [0.5, 0.6) is 0 Å². The van der Waals surface area contributed by atoms with Crippen molar-refractivity contribution in [1.82, 2.24) is 10.2 Å². The minimum absolute atomic E-state index is 0.126. The van der Waals surface area contributed by atoms with Crippen LogP contribution in [-0.2, 0) is 0 Å². The van der Waals surface area contributed by atoms with E-state index in [0.717, 1.165) is 12.5 Å². The molecular formula is C10H18N2O. The van der Waals surface area contributed by atoms with Gasteiger partial charge in [0.2, 0.25) is 0 Å². The molecule has 2 fully saturated rings. The van der Waals surface area contributed by atoms with E-state index in [2.05, 4.69) is 19.2 Å². The summed E-state index contributed by atoms with van der Waals surface area (Å²) >= 11 is 0. The van der Waals surface area contributed by atoms with Gasteiger partial charge in [-0.2, -0.15) is 0 Å². The summed E-state index contributed by atoms with van der Waals surface area (Å²) in [5, 5.41) is 3.04. The van der Waals surface area contributed by atoms with Gasteiger partial charge in [0, 0.05) is 18.6 Å². The Morgan fingerprint density at radius 1 is 1.54 bits per heavy atom. The highest BCUT2D eigenvalue weighted by molar-refractivity contribution is 5.77. The predicted molar refractivity (Wildman–Crippen MR) is 51.5 cm³/mol. The van der Waals surface area contributed by atoms with E-state index < -0.39 is 0 Å². The van der Waals surface area contributed by atoms with Crippen LogP contribution in [0.2, 0.25) is 0 Å². The fourth-order valence-electron chi connectivity index (χ4n) is 1.96. The Bertz CT molecular complexity index is 211. The minimum atomic E-state index is 0.126. The van der Waals surface area contributed by atoms with Gasteiger partial charge in [-0.25, -0.2) is 4.79 Å². The lowest BCUT2D eigenvalue weighted by Gasteiger charge is -2.18. The van der Waals surface area contributed by atoms with Crippen molar-refractivity contribution in [2.24, 2.45) is 5.92 Å². The van der Waals surface area contributed by atoms with Gasteiger partial charge < -0.3 is 10.2 Å². The lowest BCUT2D eigenvalue weighted by Crippen LogP contribution is -2.33. The Morgan fingerprint density at radius 2 is 2.23 bits per heavy atom. The molecule has 1 unspecified atom stereocenters. The molecule has 2 amide bonds. The van der Waals surface area contributed by atoms with Crippen LogP contribution in [-0.4, -0.2) is 29.6 Å². The maximum absolute atomic E-state index is 11.4. The van der Waals surface area contributed by atoms with Gasteiger partial charge in [0.1, 0.15) is 0 Å². The molecule has 74 valence electrons. The first-order valence-corrected chi connectivity index (χ1v) is 5.24. The number of rotatable bonds is 3. The van der Waals surface area contributed by atoms with Gasteiger partial charge in [0.05, 0.1) is 0 Å². The third-order valence-electron chi connectivity index (χ3n) is 2.94. The van der Waals surface area contributed by atoms with Gasteiger partial charge in [-0.3, -0.25) is 0 Å². The number of carbonyl (C=O) groups excluding carboxylic acids is 1. The van der Waals surface area contributed by atoms with E-state index >= 15 is 0 Å². The number of amides is 2. The Labute approximate surface area is 79.5 Å². The molecule has 1 atom stereocenters. The van der Waals surface area contributed by atoms with Crippen LogP contribution in [0.1, 0.15) is 33.1 Å². The molecule has 1 saturated heterocycles. The highest BCUT2D eigenvalue weighted by Crippen LogP contribution is 2.34. The van der Waals surface area contributed by atoms with Crippen LogP contribution in [0.3, 0.4) is 0 Å². The molecule has 0 aromatic heterocycles. The zero-order valence-electron chi connectivity index (χ0n) is 8.42. The van der Waals surface area contributed by atoms with Crippen LogP contribution >= 0.6 is 0 Å². The molecule has 3 nitrogen and oxygen atoms in total. The third kappa shape index (κ3) is 1.95. The predicted octanol–water partition coefficient (Wildman–Crippen LogP) is 1.59. The van der Waals surface area contributed by atoms with E-state index in [4.69, 9.17) is 0 Å². The highest BCUT2D eigenvalue weighted by atomic mass is 16.2. The Morgan fingerprint density at radius 3 is 2.69 bits per heavy atom. The molecule has 0 aromatic rings. The summed E-state index contributed by atoms with van der Waals surface area (Å²) < 4.78 is 0. The van der Waals surface area contributed by atoms with E-state index in [1.54, 1.807) is 0 Å². The standard InChI is InChI=1S/C10H18N2O/c1-7(2)12-6-9(11-10(12)13)5-8-3-4-8/h7-9H,3-6H2,1-2H3,(H,11,13). The van der Waals surface area contributed by atoms with Crippen molar-refractivity contribution in [3.63, 3.8) is 0 Å². The average Bonchev–Trinajstić information content (AvgIpc) is 2.75. The van der Waals surface area contributed by atoms with Gasteiger partial charge in [-0.05, 0) is 26.2 Å². The van der Waals surface area contributed by atoms with Crippen molar-refractivity contribution in [1.29, 1.82) is 0 Å². The third-order valence-corrected chi connectivity index (χ3v) is 2.94. The maximum atomic E-state index is 11.4. The van der Waals surface area contributed by atoms with Crippen molar-refractivity contribution in [3.8, 4) is 0 Å². The first kappa shape index (κ1) is 8.85. The second kappa shape index (κ2) is 3.20. The zero-order valence-corrected chi connectivity index (χ0v) is 8.42. The van der Waals surface area contributed by atoms with Crippen molar-refractivity contribution >= 4 is 6.03 Å². The van der Waals surface area contributed by atoms with Crippen molar-refractivity contribution < 1.29 is 4.79 Å².